The summed E-state index contributed by atoms with van der Waals surface area (Å²) in [6.07, 6.45) is 5.12. The Morgan fingerprint density at radius 1 is 0.573 bits per heavy atom. The van der Waals surface area contributed by atoms with E-state index in [0.717, 1.165) is 16.2 Å². The van der Waals surface area contributed by atoms with Crippen molar-refractivity contribution >= 4 is 76.6 Å². The van der Waals surface area contributed by atoms with Crippen molar-refractivity contribution in [1.29, 1.82) is 0 Å². The average molecular weight is 1440 g/mol. The smallest absolute Gasteiger partial charge is 0.416 e. The number of unbranched alkanes of at least 4 members (excludes halogenated alkanes) is 2. The highest BCUT2D eigenvalue weighted by atomic mass is 16.6. The van der Waals surface area contributed by atoms with E-state index in [-0.39, 0.29) is 105 Å². The second kappa shape index (κ2) is 42.0. The summed E-state index contributed by atoms with van der Waals surface area (Å²) < 4.78 is 73.3. The third kappa shape index (κ3) is 24.1. The lowest BCUT2D eigenvalue weighted by Gasteiger charge is -2.43. The van der Waals surface area contributed by atoms with E-state index in [1.807, 2.05) is 0 Å². The molecule has 9 amide bonds. The van der Waals surface area contributed by atoms with Crippen LogP contribution in [0.25, 0.3) is 0 Å². The second-order valence-electron chi connectivity index (χ2n) is 24.7. The molecule has 0 aromatic heterocycles. The predicted molar refractivity (Wildman–Crippen MR) is 371 cm³/mol. The van der Waals surface area contributed by atoms with Gasteiger partial charge in [0.25, 0.3) is 23.6 Å². The van der Waals surface area contributed by atoms with Gasteiger partial charge >= 0.3 is 6.09 Å². The van der Waals surface area contributed by atoms with Gasteiger partial charge in [-0.05, 0) is 74.8 Å². The fourth-order valence-electron chi connectivity index (χ4n) is 11.1. The molecule has 5 N–H and O–H groups in total. The van der Waals surface area contributed by atoms with Crippen molar-refractivity contribution < 1.29 is 110 Å². The molecule has 0 saturated carbocycles. The Hall–Kier alpha value is -8.86. The summed E-state index contributed by atoms with van der Waals surface area (Å²) >= 11 is 0. The molecule has 5 atom stereocenters. The number of fused-ring (bicyclic) bond motifs is 4. The number of aliphatic hydroxyl groups excluding tert-OH is 1. The molecule has 5 aliphatic rings. The number of hydrogen-bond acceptors (Lipinski definition) is 24. The van der Waals surface area contributed by atoms with Crippen LogP contribution in [-0.4, -0.2) is 269 Å². The predicted octanol–water partition coefficient (Wildman–Crippen LogP) is 3.49. The number of hydrogen-bond donors (Lipinski definition) is 5. The van der Waals surface area contributed by atoms with Gasteiger partial charge in [0.2, 0.25) is 23.6 Å². The molecule has 2 saturated heterocycles. The number of carbonyl (C=O) groups is 9. The molecule has 5 heterocycles. The standard InChI is InChI=1S/C71H97N9O23/c1-47(2)65(76-62(82)18-25-93-27-29-95-31-33-97-35-37-99-39-40-100-38-36-98-34-32-96-30-28-94-26-19-72-61(81)17-22-79-63(83)13-14-64(79)84)67(86)74-48(3)66(85)75-50-11-9-49(10-12-50)46-103-71(90)80-56-44-60(58(92-5)42-53(56)69(88)78-21-16-55(78)70(80)89)102-24-8-6-7-23-101-59-43-54-52(41-57(59)91-4)68(87)77-20-15-51(77)45-73-54/h9-14,41-45,47-48,51,55,65,70,89H,6-8,15-40,46H2,1-5H3,(H,72,81)(H,74,86)(H,75,85)(H,76,82)/t48-,51-,55-,65-,70-/m0/s1. The van der Waals surface area contributed by atoms with Gasteiger partial charge < -0.3 is 97.8 Å². The van der Waals surface area contributed by atoms with Crippen LogP contribution in [0.3, 0.4) is 0 Å². The molecule has 32 nitrogen and oxygen atoms in total. The molecule has 5 aliphatic heterocycles. The number of carbonyl (C=O) groups excluding carboxylic acids is 9. The van der Waals surface area contributed by atoms with E-state index in [4.69, 9.17) is 61.6 Å². The zero-order valence-corrected chi connectivity index (χ0v) is 59.2. The highest BCUT2D eigenvalue weighted by molar-refractivity contribution is 6.13. The van der Waals surface area contributed by atoms with Crippen LogP contribution >= 0.6 is 0 Å². The molecule has 2 fully saturated rings. The lowest BCUT2D eigenvalue weighted by molar-refractivity contribution is -0.137. The second-order valence-corrected chi connectivity index (χ2v) is 24.7. The Balaban J connectivity index is 0.631. The molecule has 564 valence electrons. The van der Waals surface area contributed by atoms with Crippen molar-refractivity contribution in [2.45, 2.75) is 103 Å². The van der Waals surface area contributed by atoms with E-state index in [1.54, 1.807) is 61.4 Å². The first kappa shape index (κ1) is 79.8. The Labute approximate surface area is 598 Å². The molecule has 0 aliphatic carbocycles. The third-order valence-corrected chi connectivity index (χ3v) is 17.1. The van der Waals surface area contributed by atoms with Crippen LogP contribution in [0, 0.1) is 5.92 Å². The normalized spacial score (nSPS) is 17.1. The summed E-state index contributed by atoms with van der Waals surface area (Å²) in [4.78, 5) is 125. The maximum atomic E-state index is 14.1. The number of methoxy groups -OCH3 is 2. The van der Waals surface area contributed by atoms with Crippen molar-refractivity contribution in [3.05, 3.63) is 77.4 Å². The molecule has 0 spiro atoms. The Morgan fingerprint density at radius 2 is 1.11 bits per heavy atom. The van der Waals surface area contributed by atoms with Gasteiger partial charge in [0.1, 0.15) is 18.7 Å². The molecule has 3 aromatic carbocycles. The quantitative estimate of drug-likeness (QED) is 0.0399. The first-order valence-electron chi connectivity index (χ1n) is 34.9. The number of rotatable bonds is 48. The number of aliphatic hydroxyl groups is 1. The van der Waals surface area contributed by atoms with Gasteiger partial charge in [-0.15, -0.1) is 0 Å². The van der Waals surface area contributed by atoms with Crippen molar-refractivity contribution in [1.82, 2.24) is 30.7 Å². The molecule has 0 unspecified atom stereocenters. The number of anilines is 2. The zero-order chi connectivity index (χ0) is 73.5. The van der Waals surface area contributed by atoms with Crippen LogP contribution in [-0.2, 0) is 78.0 Å². The Kier molecular flexibility index (Phi) is 32.6. The number of amides is 9. The van der Waals surface area contributed by atoms with Crippen LogP contribution in [0.5, 0.6) is 23.0 Å². The molecule has 8 rings (SSSR count). The molecule has 103 heavy (non-hydrogen) atoms. The Bertz CT molecular complexity index is 3370. The summed E-state index contributed by atoms with van der Waals surface area (Å²) in [5.41, 5.74) is 2.15. The van der Waals surface area contributed by atoms with Gasteiger partial charge in [-0.3, -0.25) is 48.2 Å². The molecule has 3 aromatic rings. The maximum absolute atomic E-state index is 14.1. The first-order chi connectivity index (χ1) is 50.0. The SMILES string of the molecule is COc1cc2c(cc1OCCCCCOc1cc3c(cc1OC)C(=O)N1CC[C@H]1[C@H](O)N3C(=O)OCc1ccc(NC(=O)[C@H](C)NC(=O)[C@@H](NC(=O)CCOCCOCCOCCOCCOCCOCCOCCOCCNC(=O)CCN3C(=O)C=CC3=O)C(C)C)cc1)N=C[C@@H]1CCN1C2=O. The van der Waals surface area contributed by atoms with Gasteiger partial charge in [-0.25, -0.2) is 9.69 Å². The number of ether oxygens (including phenoxy) is 13. The lowest BCUT2D eigenvalue weighted by atomic mass is 10.0. The van der Waals surface area contributed by atoms with Gasteiger partial charge in [0.15, 0.2) is 29.2 Å². The minimum atomic E-state index is -1.45. The summed E-state index contributed by atoms with van der Waals surface area (Å²) in [6.45, 7) is 12.3. The van der Waals surface area contributed by atoms with Gasteiger partial charge in [0, 0.05) is 75.2 Å². The Morgan fingerprint density at radius 3 is 1.64 bits per heavy atom. The van der Waals surface area contributed by atoms with Gasteiger partial charge in [0.05, 0.1) is 168 Å². The first-order valence-corrected chi connectivity index (χ1v) is 34.9. The highest BCUT2D eigenvalue weighted by Gasteiger charge is 2.48. The van der Waals surface area contributed by atoms with E-state index >= 15 is 0 Å². The van der Waals surface area contributed by atoms with Crippen molar-refractivity contribution in [3.63, 3.8) is 0 Å². The number of nitrogens with zero attached hydrogens (tertiary/aromatic N) is 5. The molecule has 32 heteroatoms. The number of nitrogens with one attached hydrogen (secondary N) is 4. The van der Waals surface area contributed by atoms with Crippen LogP contribution in [0.15, 0.2) is 65.7 Å². The minimum Gasteiger partial charge on any atom is -0.493 e. The average Bonchev–Trinajstić information content (AvgIpc) is 1.62. The van der Waals surface area contributed by atoms with E-state index in [9.17, 15) is 48.3 Å². The summed E-state index contributed by atoms with van der Waals surface area (Å²) in [5, 5.41) is 22.5. The summed E-state index contributed by atoms with van der Waals surface area (Å²) in [7, 11) is 2.97. The van der Waals surface area contributed by atoms with E-state index in [0.29, 0.717) is 172 Å². The van der Waals surface area contributed by atoms with E-state index in [2.05, 4.69) is 26.3 Å². The zero-order valence-electron chi connectivity index (χ0n) is 59.2. The van der Waals surface area contributed by atoms with Gasteiger partial charge in [-0.2, -0.15) is 0 Å². The van der Waals surface area contributed by atoms with Crippen LogP contribution in [0.4, 0.5) is 21.9 Å². The molecular weight excluding hydrogens is 1350 g/mol. The molecular formula is C71H97N9O23. The van der Waals surface area contributed by atoms with Crippen LogP contribution in [0.2, 0.25) is 0 Å². The minimum absolute atomic E-state index is 0.000149. The van der Waals surface area contributed by atoms with Crippen LogP contribution in [0.1, 0.15) is 92.0 Å². The fraction of sp³-hybridized carbons (Fsp3) is 0.577. The third-order valence-electron chi connectivity index (χ3n) is 17.1. The number of benzene rings is 3. The summed E-state index contributed by atoms with van der Waals surface area (Å²) in [5.74, 6) is -1.94. The topological polar surface area (TPSA) is 367 Å². The monoisotopic (exact) mass is 1440 g/mol. The van der Waals surface area contributed by atoms with Crippen molar-refractivity contribution in [3.8, 4) is 23.0 Å². The molecule has 0 radical (unpaired) electrons. The van der Waals surface area contributed by atoms with E-state index < -0.39 is 60.0 Å². The van der Waals surface area contributed by atoms with Gasteiger partial charge in [-0.1, -0.05) is 26.0 Å². The largest absolute Gasteiger partial charge is 0.493 e. The highest BCUT2D eigenvalue weighted by Crippen LogP contribution is 2.43. The van der Waals surface area contributed by atoms with Crippen LogP contribution < -0.4 is 45.1 Å². The lowest BCUT2D eigenvalue weighted by Crippen LogP contribution is -2.60. The molecule has 0 bridgehead atoms. The van der Waals surface area contributed by atoms with Crippen molar-refractivity contribution in [2.75, 3.05) is 170 Å². The van der Waals surface area contributed by atoms with E-state index in [1.165, 1.54) is 50.3 Å². The fourth-order valence-corrected chi connectivity index (χ4v) is 11.1. The number of aliphatic imine (C=N–C) groups is 1. The van der Waals surface area contributed by atoms with Crippen molar-refractivity contribution in [2.24, 2.45) is 10.9 Å². The summed E-state index contributed by atoms with van der Waals surface area (Å²) in [6, 6.07) is 10.3. The number of imide groups is 1. The maximum Gasteiger partial charge on any atom is 0.416 e.